The molecule has 1 nitrogen and oxygen atoms in total. The summed E-state index contributed by atoms with van der Waals surface area (Å²) in [7, 11) is 0. The number of aliphatic hydroxyl groups is 1. The Morgan fingerprint density at radius 2 is 1.71 bits per heavy atom. The molecule has 8 atom stereocenters. The molecule has 2 saturated carbocycles. The average Bonchev–Trinajstić information content (AvgIpc) is 3.00. The van der Waals surface area contributed by atoms with Crippen molar-refractivity contribution in [2.45, 2.75) is 119 Å². The van der Waals surface area contributed by atoms with Crippen LogP contribution in [-0.2, 0) is 0 Å². The lowest BCUT2D eigenvalue weighted by molar-refractivity contribution is -0.0413. The first-order chi connectivity index (χ1) is 14.5. The summed E-state index contributed by atoms with van der Waals surface area (Å²) in [6.07, 6.45) is 12.7. The first-order valence-corrected chi connectivity index (χ1v) is 13.5. The zero-order valence-corrected chi connectivity index (χ0v) is 21.7. The van der Waals surface area contributed by atoms with Crippen LogP contribution in [0.3, 0.4) is 0 Å². The average molecular weight is 427 g/mol. The lowest BCUT2D eigenvalue weighted by atomic mass is 9.45. The number of fused-ring (bicyclic) bond motifs is 4. The summed E-state index contributed by atoms with van der Waals surface area (Å²) in [6, 6.07) is 0. The normalized spacial score (nSPS) is 45.8. The van der Waals surface area contributed by atoms with Crippen LogP contribution in [0.2, 0.25) is 0 Å². The van der Waals surface area contributed by atoms with E-state index >= 15 is 0 Å². The monoisotopic (exact) mass is 426 g/mol. The quantitative estimate of drug-likeness (QED) is 0.438. The summed E-state index contributed by atoms with van der Waals surface area (Å²) in [4.78, 5) is 0. The Kier molecular flexibility index (Phi) is 6.11. The van der Waals surface area contributed by atoms with Gasteiger partial charge < -0.3 is 5.11 Å². The summed E-state index contributed by atoms with van der Waals surface area (Å²) < 4.78 is 0. The van der Waals surface area contributed by atoms with Crippen molar-refractivity contribution in [2.24, 2.45) is 45.8 Å². The van der Waals surface area contributed by atoms with Crippen molar-refractivity contribution >= 4 is 0 Å². The molecule has 0 radical (unpaired) electrons. The molecule has 2 fully saturated rings. The number of allylic oxidation sites excluding steroid dienone is 3. The third-order valence-electron chi connectivity index (χ3n) is 11.8. The summed E-state index contributed by atoms with van der Waals surface area (Å²) in [6.45, 7) is 21.7. The smallest absolute Gasteiger partial charge is 0.0569 e. The van der Waals surface area contributed by atoms with Crippen molar-refractivity contribution in [2.75, 3.05) is 0 Å². The minimum Gasteiger partial charge on any atom is -0.393 e. The van der Waals surface area contributed by atoms with Crippen molar-refractivity contribution < 1.29 is 5.11 Å². The summed E-state index contributed by atoms with van der Waals surface area (Å²) in [5.74, 6) is 3.40. The molecule has 0 aromatic carbocycles. The molecular weight excluding hydrogens is 376 g/mol. The minimum atomic E-state index is -0.0815. The highest BCUT2D eigenvalue weighted by atomic mass is 16.3. The Hall–Kier alpha value is -0.560. The SMILES string of the molecule is C=C(CC[C@@H](C)[C@H]1CC[C@@]2(C)C3=C(CC[C@]12C)[C@@]1(C)CC[C@H](O)[C@@H](C)[C@H]1CC3)C(C)C. The number of hydrogen-bond acceptors (Lipinski definition) is 1. The Morgan fingerprint density at radius 1 is 1.00 bits per heavy atom. The van der Waals surface area contributed by atoms with Gasteiger partial charge in [0.15, 0.2) is 0 Å². The van der Waals surface area contributed by atoms with E-state index in [1.165, 1.54) is 63.4 Å². The summed E-state index contributed by atoms with van der Waals surface area (Å²) in [5.41, 5.74) is 6.35. The number of aliphatic hydroxyl groups excluding tert-OH is 1. The highest BCUT2D eigenvalue weighted by Crippen LogP contribution is 2.71. The fourth-order valence-corrected chi connectivity index (χ4v) is 9.16. The van der Waals surface area contributed by atoms with E-state index in [2.05, 4.69) is 55.0 Å². The summed E-state index contributed by atoms with van der Waals surface area (Å²) in [5, 5.41) is 10.6. The van der Waals surface area contributed by atoms with E-state index in [1.807, 2.05) is 11.1 Å². The first-order valence-electron chi connectivity index (χ1n) is 13.5. The van der Waals surface area contributed by atoms with Gasteiger partial charge in [0.25, 0.3) is 0 Å². The maximum Gasteiger partial charge on any atom is 0.0569 e. The third kappa shape index (κ3) is 3.43. The van der Waals surface area contributed by atoms with Gasteiger partial charge in [-0.2, -0.15) is 0 Å². The van der Waals surface area contributed by atoms with Gasteiger partial charge in [-0.3, -0.25) is 0 Å². The van der Waals surface area contributed by atoms with E-state index in [4.69, 9.17) is 0 Å². The van der Waals surface area contributed by atoms with Gasteiger partial charge in [0.05, 0.1) is 6.10 Å². The maximum atomic E-state index is 10.6. The molecule has 0 heterocycles. The molecule has 4 rings (SSSR count). The lowest BCUT2D eigenvalue weighted by Crippen LogP contribution is -2.51. The van der Waals surface area contributed by atoms with E-state index in [-0.39, 0.29) is 6.10 Å². The fourth-order valence-electron chi connectivity index (χ4n) is 9.16. The second kappa shape index (κ2) is 8.03. The number of rotatable bonds is 5. The zero-order chi connectivity index (χ0) is 22.8. The van der Waals surface area contributed by atoms with Crippen LogP contribution in [0.15, 0.2) is 23.3 Å². The molecule has 176 valence electrons. The Labute approximate surface area is 193 Å². The highest BCUT2D eigenvalue weighted by Gasteiger charge is 2.62. The molecule has 4 aliphatic carbocycles. The first kappa shape index (κ1) is 23.6. The van der Waals surface area contributed by atoms with E-state index in [9.17, 15) is 5.11 Å². The largest absolute Gasteiger partial charge is 0.393 e. The Morgan fingerprint density at radius 3 is 2.39 bits per heavy atom. The van der Waals surface area contributed by atoms with Crippen LogP contribution in [0.25, 0.3) is 0 Å². The predicted octanol–water partition coefficient (Wildman–Crippen LogP) is 8.34. The molecule has 1 heteroatoms. The molecule has 31 heavy (non-hydrogen) atoms. The van der Waals surface area contributed by atoms with Crippen LogP contribution in [-0.4, -0.2) is 11.2 Å². The highest BCUT2D eigenvalue weighted by molar-refractivity contribution is 5.38. The molecule has 0 spiro atoms. The van der Waals surface area contributed by atoms with Crippen LogP contribution in [0.5, 0.6) is 0 Å². The van der Waals surface area contributed by atoms with E-state index in [1.54, 1.807) is 0 Å². The molecule has 4 aliphatic rings. The van der Waals surface area contributed by atoms with Gasteiger partial charge in [0, 0.05) is 0 Å². The molecule has 0 amide bonds. The molecule has 0 bridgehead atoms. The molecular formula is C30H50O. The van der Waals surface area contributed by atoms with Gasteiger partial charge in [-0.15, -0.1) is 0 Å². The second-order valence-corrected chi connectivity index (χ2v) is 13.2. The van der Waals surface area contributed by atoms with Gasteiger partial charge in [0.2, 0.25) is 0 Å². The van der Waals surface area contributed by atoms with Crippen LogP contribution in [0.1, 0.15) is 113 Å². The zero-order valence-electron chi connectivity index (χ0n) is 21.7. The Bertz CT molecular complexity index is 746. The molecule has 0 unspecified atom stereocenters. The van der Waals surface area contributed by atoms with Crippen LogP contribution in [0, 0.1) is 45.8 Å². The number of hydrogen-bond donors (Lipinski definition) is 1. The molecule has 0 aliphatic heterocycles. The third-order valence-corrected chi connectivity index (χ3v) is 11.8. The van der Waals surface area contributed by atoms with Crippen LogP contribution in [0.4, 0.5) is 0 Å². The molecule has 0 aromatic rings. The topological polar surface area (TPSA) is 20.2 Å². The Balaban J connectivity index is 1.60. The summed E-state index contributed by atoms with van der Waals surface area (Å²) >= 11 is 0. The molecule has 0 saturated heterocycles. The van der Waals surface area contributed by atoms with Crippen molar-refractivity contribution in [1.29, 1.82) is 0 Å². The van der Waals surface area contributed by atoms with Gasteiger partial charge in [-0.25, -0.2) is 0 Å². The van der Waals surface area contributed by atoms with Gasteiger partial charge in [-0.05, 0) is 110 Å². The van der Waals surface area contributed by atoms with Crippen molar-refractivity contribution in [3.05, 3.63) is 23.3 Å². The van der Waals surface area contributed by atoms with Gasteiger partial charge in [-0.1, -0.05) is 71.8 Å². The molecule has 1 N–H and O–H groups in total. The van der Waals surface area contributed by atoms with E-state index in [0.29, 0.717) is 34.0 Å². The lowest BCUT2D eigenvalue weighted by Gasteiger charge is -2.60. The van der Waals surface area contributed by atoms with E-state index < -0.39 is 0 Å². The van der Waals surface area contributed by atoms with Crippen molar-refractivity contribution in [1.82, 2.24) is 0 Å². The van der Waals surface area contributed by atoms with Crippen molar-refractivity contribution in [3.8, 4) is 0 Å². The van der Waals surface area contributed by atoms with Gasteiger partial charge in [0.1, 0.15) is 0 Å². The maximum absolute atomic E-state index is 10.6. The van der Waals surface area contributed by atoms with E-state index in [0.717, 1.165) is 18.3 Å². The van der Waals surface area contributed by atoms with Crippen LogP contribution >= 0.6 is 0 Å². The van der Waals surface area contributed by atoms with Gasteiger partial charge >= 0.3 is 0 Å². The molecule has 0 aromatic heterocycles. The van der Waals surface area contributed by atoms with Crippen molar-refractivity contribution in [3.63, 3.8) is 0 Å². The fraction of sp³-hybridized carbons (Fsp3) is 0.867. The standard InChI is InChI=1S/C30H50O/c1-19(2)20(3)9-10-21(4)23-13-17-30(8)26-12-11-24-22(5)27(31)15-16-28(24,6)25(26)14-18-29(23,30)7/h19,21-24,27,31H,3,9-18H2,1-2,4-8H3/t21-,22+,23-,24-,27+,28+,29-,30+/m1/s1. The predicted molar refractivity (Wildman–Crippen MR) is 133 cm³/mol. The van der Waals surface area contributed by atoms with Crippen LogP contribution < -0.4 is 0 Å². The minimum absolute atomic E-state index is 0.0815. The second-order valence-electron chi connectivity index (χ2n) is 13.2.